The van der Waals surface area contributed by atoms with Crippen LogP contribution in [0, 0.1) is 5.92 Å². The summed E-state index contributed by atoms with van der Waals surface area (Å²) >= 11 is 0. The minimum Gasteiger partial charge on any atom is -0.330 e. The molecule has 0 amide bonds. The molecule has 2 N–H and O–H groups in total. The van der Waals surface area contributed by atoms with Crippen molar-refractivity contribution in [3.05, 3.63) is 0 Å². The summed E-state index contributed by atoms with van der Waals surface area (Å²) in [6.07, 6.45) is 10.9. The lowest BCUT2D eigenvalue weighted by molar-refractivity contribution is 0.213. The van der Waals surface area contributed by atoms with E-state index in [1.54, 1.807) is 0 Å². The molecular formula is C17H35N3. The monoisotopic (exact) mass is 281 g/mol. The van der Waals surface area contributed by atoms with Gasteiger partial charge >= 0.3 is 0 Å². The van der Waals surface area contributed by atoms with Gasteiger partial charge in [-0.05, 0) is 71.1 Å². The van der Waals surface area contributed by atoms with Crippen LogP contribution in [-0.2, 0) is 0 Å². The number of nitrogens with two attached hydrogens (primary N) is 1. The van der Waals surface area contributed by atoms with Gasteiger partial charge in [-0.15, -0.1) is 0 Å². The molecule has 0 aromatic carbocycles. The maximum Gasteiger partial charge on any atom is 0.0223 e. The van der Waals surface area contributed by atoms with Crippen molar-refractivity contribution in [1.82, 2.24) is 9.80 Å². The molecule has 2 aliphatic heterocycles. The van der Waals surface area contributed by atoms with Crippen LogP contribution in [0.25, 0.3) is 0 Å². The molecule has 2 aliphatic rings. The molecule has 0 aromatic heterocycles. The van der Waals surface area contributed by atoms with Crippen LogP contribution in [0.2, 0.25) is 0 Å². The minimum atomic E-state index is 0.831. The lowest BCUT2D eigenvalue weighted by Crippen LogP contribution is -2.37. The highest BCUT2D eigenvalue weighted by Crippen LogP contribution is 2.28. The van der Waals surface area contributed by atoms with E-state index >= 15 is 0 Å². The van der Waals surface area contributed by atoms with Gasteiger partial charge in [-0.1, -0.05) is 19.8 Å². The molecular weight excluding hydrogens is 246 g/mol. The van der Waals surface area contributed by atoms with E-state index in [0.717, 1.165) is 24.5 Å². The zero-order valence-electron chi connectivity index (χ0n) is 13.7. The van der Waals surface area contributed by atoms with Gasteiger partial charge in [0.2, 0.25) is 0 Å². The Kier molecular flexibility index (Phi) is 6.79. The minimum absolute atomic E-state index is 0.831. The molecule has 3 nitrogen and oxygen atoms in total. The number of hydrogen-bond donors (Lipinski definition) is 1. The topological polar surface area (TPSA) is 32.5 Å². The average Bonchev–Trinajstić information content (AvgIpc) is 2.67. The molecule has 0 aromatic rings. The standard InChI is InChI=1S/C17H35N3/c1-3-5-15(9-11-18)6-4-12-20-13-10-16-7-8-17(14-20)19(16)2/h15-17H,3-14,18H2,1-2H3. The fourth-order valence-electron chi connectivity index (χ4n) is 4.26. The smallest absolute Gasteiger partial charge is 0.0223 e. The van der Waals surface area contributed by atoms with Crippen molar-refractivity contribution in [2.75, 3.05) is 33.2 Å². The van der Waals surface area contributed by atoms with Crippen molar-refractivity contribution in [2.24, 2.45) is 11.7 Å². The Morgan fingerprint density at radius 1 is 1.10 bits per heavy atom. The van der Waals surface area contributed by atoms with E-state index in [2.05, 4.69) is 23.8 Å². The van der Waals surface area contributed by atoms with Crippen molar-refractivity contribution in [3.8, 4) is 0 Å². The fourth-order valence-corrected chi connectivity index (χ4v) is 4.26. The maximum absolute atomic E-state index is 5.74. The van der Waals surface area contributed by atoms with E-state index in [4.69, 9.17) is 5.73 Å². The van der Waals surface area contributed by atoms with Gasteiger partial charge in [-0.3, -0.25) is 4.90 Å². The van der Waals surface area contributed by atoms with Gasteiger partial charge in [0.1, 0.15) is 0 Å². The maximum atomic E-state index is 5.74. The Morgan fingerprint density at radius 2 is 1.90 bits per heavy atom. The molecule has 2 heterocycles. The Bertz CT molecular complexity index is 263. The van der Waals surface area contributed by atoms with Gasteiger partial charge in [0.25, 0.3) is 0 Å². The Hall–Kier alpha value is -0.120. The summed E-state index contributed by atoms with van der Waals surface area (Å²) in [4.78, 5) is 5.38. The molecule has 3 unspecified atom stereocenters. The summed E-state index contributed by atoms with van der Waals surface area (Å²) in [6.45, 7) is 7.10. The number of likely N-dealkylation sites (N-methyl/N-ethyl adjacent to an activating group) is 1. The lowest BCUT2D eigenvalue weighted by Gasteiger charge is -2.26. The van der Waals surface area contributed by atoms with E-state index in [1.165, 1.54) is 71.0 Å². The van der Waals surface area contributed by atoms with E-state index in [9.17, 15) is 0 Å². The van der Waals surface area contributed by atoms with Crippen molar-refractivity contribution in [1.29, 1.82) is 0 Å². The van der Waals surface area contributed by atoms with Crippen LogP contribution in [0.4, 0.5) is 0 Å². The van der Waals surface area contributed by atoms with Gasteiger partial charge in [0.05, 0.1) is 0 Å². The number of fused-ring (bicyclic) bond motifs is 2. The van der Waals surface area contributed by atoms with Gasteiger partial charge in [-0.2, -0.15) is 0 Å². The van der Waals surface area contributed by atoms with Gasteiger partial charge < -0.3 is 10.6 Å². The molecule has 0 spiro atoms. The Morgan fingerprint density at radius 3 is 2.65 bits per heavy atom. The van der Waals surface area contributed by atoms with Crippen molar-refractivity contribution < 1.29 is 0 Å². The van der Waals surface area contributed by atoms with E-state index in [-0.39, 0.29) is 0 Å². The van der Waals surface area contributed by atoms with E-state index in [0.29, 0.717) is 0 Å². The molecule has 0 saturated carbocycles. The summed E-state index contributed by atoms with van der Waals surface area (Å²) in [5.74, 6) is 0.871. The second-order valence-electron chi connectivity index (χ2n) is 7.01. The molecule has 3 atom stereocenters. The SMILES string of the molecule is CCCC(CCN)CCCN1CCC2CCC(C1)N2C. The van der Waals surface area contributed by atoms with Crippen LogP contribution in [-0.4, -0.2) is 55.1 Å². The lowest BCUT2D eigenvalue weighted by atomic mass is 9.94. The fraction of sp³-hybridized carbons (Fsp3) is 1.00. The zero-order chi connectivity index (χ0) is 14.4. The highest BCUT2D eigenvalue weighted by molar-refractivity contribution is 4.90. The molecule has 118 valence electrons. The second-order valence-corrected chi connectivity index (χ2v) is 7.01. The first kappa shape index (κ1) is 16.3. The van der Waals surface area contributed by atoms with Crippen LogP contribution >= 0.6 is 0 Å². The molecule has 2 rings (SSSR count). The highest BCUT2D eigenvalue weighted by Gasteiger charge is 2.34. The predicted octanol–water partition coefficient (Wildman–Crippen LogP) is 2.70. The number of likely N-dealkylation sites (tertiary alicyclic amines) is 1. The molecule has 2 bridgehead atoms. The van der Waals surface area contributed by atoms with E-state index in [1.807, 2.05) is 0 Å². The predicted molar refractivity (Wildman–Crippen MR) is 86.9 cm³/mol. The zero-order valence-corrected chi connectivity index (χ0v) is 13.7. The van der Waals surface area contributed by atoms with Gasteiger partial charge in [0.15, 0.2) is 0 Å². The first-order chi connectivity index (χ1) is 9.74. The summed E-state index contributed by atoms with van der Waals surface area (Å²) in [5.41, 5.74) is 5.74. The quantitative estimate of drug-likeness (QED) is 0.742. The Labute approximate surface area is 125 Å². The van der Waals surface area contributed by atoms with Gasteiger partial charge in [0, 0.05) is 18.6 Å². The summed E-state index contributed by atoms with van der Waals surface area (Å²) < 4.78 is 0. The molecule has 0 aliphatic carbocycles. The first-order valence-corrected chi connectivity index (χ1v) is 8.89. The van der Waals surface area contributed by atoms with Crippen LogP contribution in [0.5, 0.6) is 0 Å². The van der Waals surface area contributed by atoms with Crippen molar-refractivity contribution >= 4 is 0 Å². The molecule has 20 heavy (non-hydrogen) atoms. The normalized spacial score (nSPS) is 29.6. The molecule has 2 fully saturated rings. The second kappa shape index (κ2) is 8.35. The highest BCUT2D eigenvalue weighted by atomic mass is 15.3. The van der Waals surface area contributed by atoms with Gasteiger partial charge in [-0.25, -0.2) is 0 Å². The van der Waals surface area contributed by atoms with Crippen LogP contribution in [0.15, 0.2) is 0 Å². The summed E-state index contributed by atoms with van der Waals surface area (Å²) in [6, 6.07) is 1.70. The van der Waals surface area contributed by atoms with Crippen LogP contribution < -0.4 is 5.73 Å². The number of hydrogen-bond acceptors (Lipinski definition) is 3. The third kappa shape index (κ3) is 4.44. The summed E-state index contributed by atoms with van der Waals surface area (Å²) in [5, 5.41) is 0. The molecule has 2 saturated heterocycles. The third-order valence-corrected chi connectivity index (χ3v) is 5.59. The Balaban J connectivity index is 1.68. The van der Waals surface area contributed by atoms with Crippen LogP contribution in [0.3, 0.4) is 0 Å². The first-order valence-electron chi connectivity index (χ1n) is 8.89. The van der Waals surface area contributed by atoms with Crippen molar-refractivity contribution in [3.63, 3.8) is 0 Å². The molecule has 0 radical (unpaired) electrons. The molecule has 3 heteroatoms. The van der Waals surface area contributed by atoms with Crippen LogP contribution in [0.1, 0.15) is 58.3 Å². The summed E-state index contributed by atoms with van der Waals surface area (Å²) in [7, 11) is 2.34. The third-order valence-electron chi connectivity index (χ3n) is 5.59. The number of nitrogens with zero attached hydrogens (tertiary/aromatic N) is 2. The largest absolute Gasteiger partial charge is 0.330 e. The number of rotatable bonds is 8. The van der Waals surface area contributed by atoms with E-state index < -0.39 is 0 Å². The van der Waals surface area contributed by atoms with Crippen molar-refractivity contribution in [2.45, 2.75) is 70.4 Å². The average molecular weight is 281 g/mol.